The standard InChI is InChI=1S/C12H14N4/c1-9-4-2-6-14-11(9)8-16-10-5-3-7-15-12(10)13/h2-7,16H,8H2,1H3,(H2,13,15). The summed E-state index contributed by atoms with van der Waals surface area (Å²) in [7, 11) is 0. The van der Waals surface area contributed by atoms with E-state index in [-0.39, 0.29) is 0 Å². The Bertz CT molecular complexity index is 436. The average molecular weight is 214 g/mol. The molecule has 0 saturated heterocycles. The number of hydrogen-bond donors (Lipinski definition) is 2. The fraction of sp³-hybridized carbons (Fsp3) is 0.167. The van der Waals surface area contributed by atoms with Crippen molar-refractivity contribution in [2.75, 3.05) is 11.1 Å². The lowest BCUT2D eigenvalue weighted by Gasteiger charge is -2.09. The monoisotopic (exact) mass is 214 g/mol. The molecule has 2 aromatic heterocycles. The molecule has 0 amide bonds. The molecule has 82 valence electrons. The molecule has 0 unspecified atom stereocenters. The van der Waals surface area contributed by atoms with Gasteiger partial charge in [0.15, 0.2) is 0 Å². The van der Waals surface area contributed by atoms with E-state index in [2.05, 4.69) is 15.3 Å². The molecule has 0 aliphatic heterocycles. The van der Waals surface area contributed by atoms with Crippen molar-refractivity contribution >= 4 is 11.5 Å². The molecule has 0 radical (unpaired) electrons. The zero-order valence-corrected chi connectivity index (χ0v) is 9.14. The quantitative estimate of drug-likeness (QED) is 0.820. The van der Waals surface area contributed by atoms with Crippen molar-refractivity contribution in [3.63, 3.8) is 0 Å². The van der Waals surface area contributed by atoms with E-state index in [0.29, 0.717) is 12.4 Å². The van der Waals surface area contributed by atoms with Gasteiger partial charge in [-0.1, -0.05) is 6.07 Å². The number of hydrogen-bond acceptors (Lipinski definition) is 4. The molecule has 3 N–H and O–H groups in total. The van der Waals surface area contributed by atoms with Gasteiger partial charge in [0.25, 0.3) is 0 Å². The molecule has 4 nitrogen and oxygen atoms in total. The van der Waals surface area contributed by atoms with Crippen molar-refractivity contribution in [2.24, 2.45) is 0 Å². The summed E-state index contributed by atoms with van der Waals surface area (Å²) in [6.45, 7) is 2.69. The third kappa shape index (κ3) is 2.28. The molecule has 0 saturated carbocycles. The Morgan fingerprint density at radius 2 is 1.94 bits per heavy atom. The van der Waals surface area contributed by atoms with Crippen molar-refractivity contribution < 1.29 is 0 Å². The van der Waals surface area contributed by atoms with Gasteiger partial charge in [0, 0.05) is 12.4 Å². The van der Waals surface area contributed by atoms with Gasteiger partial charge in [0.2, 0.25) is 0 Å². The SMILES string of the molecule is Cc1cccnc1CNc1cccnc1N. The number of rotatable bonds is 3. The molecule has 2 rings (SSSR count). The predicted octanol–water partition coefficient (Wildman–Crippen LogP) is 1.98. The second-order valence-electron chi connectivity index (χ2n) is 3.56. The summed E-state index contributed by atoms with van der Waals surface area (Å²) >= 11 is 0. The predicted molar refractivity (Wildman–Crippen MR) is 65.0 cm³/mol. The molecule has 0 bridgehead atoms. The van der Waals surface area contributed by atoms with Crippen LogP contribution in [0.1, 0.15) is 11.3 Å². The summed E-state index contributed by atoms with van der Waals surface area (Å²) in [5.41, 5.74) is 8.75. The third-order valence-corrected chi connectivity index (χ3v) is 2.40. The number of nitrogens with zero attached hydrogens (tertiary/aromatic N) is 2. The number of aryl methyl sites for hydroxylation is 1. The van der Waals surface area contributed by atoms with Crippen LogP contribution < -0.4 is 11.1 Å². The van der Waals surface area contributed by atoms with E-state index in [4.69, 9.17) is 5.73 Å². The molecule has 0 aromatic carbocycles. The second kappa shape index (κ2) is 4.61. The maximum atomic E-state index is 5.73. The second-order valence-corrected chi connectivity index (χ2v) is 3.56. The minimum Gasteiger partial charge on any atom is -0.382 e. The van der Waals surface area contributed by atoms with Crippen molar-refractivity contribution in [1.29, 1.82) is 0 Å². The van der Waals surface area contributed by atoms with Crippen LogP contribution in [-0.4, -0.2) is 9.97 Å². The van der Waals surface area contributed by atoms with Crippen LogP contribution in [0.25, 0.3) is 0 Å². The molecule has 16 heavy (non-hydrogen) atoms. The summed E-state index contributed by atoms with van der Waals surface area (Å²) in [6, 6.07) is 7.72. The zero-order chi connectivity index (χ0) is 11.4. The number of nitrogens with two attached hydrogens (primary N) is 1. The molecule has 0 atom stereocenters. The highest BCUT2D eigenvalue weighted by Gasteiger charge is 2.01. The molecule has 0 aliphatic carbocycles. The molecule has 0 aliphatic rings. The number of anilines is 2. The molecule has 0 fully saturated rings. The highest BCUT2D eigenvalue weighted by molar-refractivity contribution is 5.60. The zero-order valence-electron chi connectivity index (χ0n) is 9.14. The number of aromatic nitrogens is 2. The summed E-state index contributed by atoms with van der Waals surface area (Å²) in [5, 5.41) is 3.22. The largest absolute Gasteiger partial charge is 0.382 e. The molecule has 2 aromatic rings. The first-order valence-corrected chi connectivity index (χ1v) is 5.12. The van der Waals surface area contributed by atoms with Gasteiger partial charge in [-0.2, -0.15) is 0 Å². The van der Waals surface area contributed by atoms with Crippen LogP contribution in [0.3, 0.4) is 0 Å². The smallest absolute Gasteiger partial charge is 0.146 e. The van der Waals surface area contributed by atoms with Gasteiger partial charge in [-0.05, 0) is 30.7 Å². The number of pyridine rings is 2. The molecule has 0 spiro atoms. The van der Waals surface area contributed by atoms with Gasteiger partial charge in [-0.15, -0.1) is 0 Å². The molecule has 4 heteroatoms. The van der Waals surface area contributed by atoms with Crippen molar-refractivity contribution in [3.8, 4) is 0 Å². The third-order valence-electron chi connectivity index (χ3n) is 2.40. The van der Waals surface area contributed by atoms with Crippen LogP contribution in [0, 0.1) is 6.92 Å². The van der Waals surface area contributed by atoms with E-state index >= 15 is 0 Å². The van der Waals surface area contributed by atoms with Gasteiger partial charge < -0.3 is 11.1 Å². The van der Waals surface area contributed by atoms with Gasteiger partial charge in [-0.3, -0.25) is 4.98 Å². The number of nitrogens with one attached hydrogen (secondary N) is 1. The Hall–Kier alpha value is -2.10. The lowest BCUT2D eigenvalue weighted by atomic mass is 10.2. The topological polar surface area (TPSA) is 63.8 Å². The summed E-state index contributed by atoms with van der Waals surface area (Å²) < 4.78 is 0. The molecular formula is C12H14N4. The van der Waals surface area contributed by atoms with E-state index < -0.39 is 0 Å². The van der Waals surface area contributed by atoms with E-state index in [9.17, 15) is 0 Å². The first-order chi connectivity index (χ1) is 7.77. The van der Waals surface area contributed by atoms with Crippen molar-refractivity contribution in [1.82, 2.24) is 9.97 Å². The van der Waals surface area contributed by atoms with E-state index in [1.54, 1.807) is 12.4 Å². The van der Waals surface area contributed by atoms with Crippen LogP contribution in [0.4, 0.5) is 11.5 Å². The first kappa shape index (κ1) is 10.4. The normalized spacial score (nSPS) is 10.1. The highest BCUT2D eigenvalue weighted by atomic mass is 15.0. The van der Waals surface area contributed by atoms with Gasteiger partial charge in [0.1, 0.15) is 5.82 Å². The van der Waals surface area contributed by atoms with Crippen LogP contribution in [0.15, 0.2) is 36.7 Å². The van der Waals surface area contributed by atoms with Crippen LogP contribution in [0.2, 0.25) is 0 Å². The van der Waals surface area contributed by atoms with Crippen molar-refractivity contribution in [2.45, 2.75) is 13.5 Å². The van der Waals surface area contributed by atoms with Gasteiger partial charge in [-0.25, -0.2) is 4.98 Å². The Kier molecular flexibility index (Phi) is 3.00. The Morgan fingerprint density at radius 3 is 2.69 bits per heavy atom. The summed E-state index contributed by atoms with van der Waals surface area (Å²) in [4.78, 5) is 8.31. The van der Waals surface area contributed by atoms with Gasteiger partial charge >= 0.3 is 0 Å². The fourth-order valence-electron chi connectivity index (χ4n) is 1.45. The Balaban J connectivity index is 2.09. The van der Waals surface area contributed by atoms with Gasteiger partial charge in [0.05, 0.1) is 17.9 Å². The minimum atomic E-state index is 0.510. The Morgan fingerprint density at radius 1 is 1.19 bits per heavy atom. The summed E-state index contributed by atoms with van der Waals surface area (Å²) in [6.07, 6.45) is 3.46. The lowest BCUT2D eigenvalue weighted by Crippen LogP contribution is -2.06. The maximum Gasteiger partial charge on any atom is 0.146 e. The molecule has 2 heterocycles. The minimum absolute atomic E-state index is 0.510. The van der Waals surface area contributed by atoms with E-state index in [0.717, 1.165) is 16.9 Å². The van der Waals surface area contributed by atoms with Crippen molar-refractivity contribution in [3.05, 3.63) is 47.9 Å². The number of nitrogen functional groups attached to an aromatic ring is 1. The van der Waals surface area contributed by atoms with Crippen LogP contribution in [0.5, 0.6) is 0 Å². The molecular weight excluding hydrogens is 200 g/mol. The lowest BCUT2D eigenvalue weighted by molar-refractivity contribution is 1.02. The van der Waals surface area contributed by atoms with E-state index in [1.807, 2.05) is 31.2 Å². The average Bonchev–Trinajstić information content (AvgIpc) is 2.30. The first-order valence-electron chi connectivity index (χ1n) is 5.12. The van der Waals surface area contributed by atoms with Crippen LogP contribution >= 0.6 is 0 Å². The Labute approximate surface area is 94.5 Å². The summed E-state index contributed by atoms with van der Waals surface area (Å²) in [5.74, 6) is 0.510. The fourth-order valence-corrected chi connectivity index (χ4v) is 1.45. The van der Waals surface area contributed by atoms with Crippen LogP contribution in [-0.2, 0) is 6.54 Å². The van der Waals surface area contributed by atoms with E-state index in [1.165, 1.54) is 0 Å². The maximum absolute atomic E-state index is 5.73. The highest BCUT2D eigenvalue weighted by Crippen LogP contribution is 2.15.